The van der Waals surface area contributed by atoms with Gasteiger partial charge < -0.3 is 15.5 Å². The predicted octanol–water partition coefficient (Wildman–Crippen LogP) is 0.891. The van der Waals surface area contributed by atoms with Crippen LogP contribution < -0.4 is 15.5 Å². The highest BCUT2D eigenvalue weighted by molar-refractivity contribution is 6.08. The molecule has 0 radical (unpaired) electrons. The lowest BCUT2D eigenvalue weighted by molar-refractivity contribution is -0.872. The molecule has 31 heavy (non-hydrogen) atoms. The highest BCUT2D eigenvalue weighted by Crippen LogP contribution is 2.23. The molecule has 0 unspecified atom stereocenters. The molecule has 3 rings (SSSR count). The van der Waals surface area contributed by atoms with Crippen LogP contribution in [0.15, 0.2) is 54.6 Å². The highest BCUT2D eigenvalue weighted by atomic mass is 16.2. The quantitative estimate of drug-likeness (QED) is 0.524. The van der Waals surface area contributed by atoms with Crippen LogP contribution in [0.2, 0.25) is 0 Å². The number of urea groups is 1. The van der Waals surface area contributed by atoms with Crippen LogP contribution >= 0.6 is 0 Å². The molecule has 1 fully saturated rings. The van der Waals surface area contributed by atoms with Crippen molar-refractivity contribution in [3.05, 3.63) is 71.3 Å². The van der Waals surface area contributed by atoms with Crippen LogP contribution in [0.3, 0.4) is 0 Å². The van der Waals surface area contributed by atoms with E-state index < -0.39 is 11.6 Å². The second-order valence-electron chi connectivity index (χ2n) is 8.57. The van der Waals surface area contributed by atoms with Crippen LogP contribution in [-0.2, 0) is 29.1 Å². The van der Waals surface area contributed by atoms with Gasteiger partial charge in [-0.3, -0.25) is 14.5 Å². The molecular formula is C24H31N4O3+. The minimum atomic E-state index is -1.01. The molecule has 0 saturated carbocycles. The van der Waals surface area contributed by atoms with E-state index in [1.807, 2.05) is 54.6 Å². The summed E-state index contributed by atoms with van der Waals surface area (Å²) in [5.74, 6) is -0.719. The maximum atomic E-state index is 12.9. The van der Waals surface area contributed by atoms with Gasteiger partial charge in [0.15, 0.2) is 0 Å². The summed E-state index contributed by atoms with van der Waals surface area (Å²) < 4.78 is 0. The highest BCUT2D eigenvalue weighted by Gasteiger charge is 2.47. The van der Waals surface area contributed by atoms with E-state index in [0.29, 0.717) is 19.4 Å². The van der Waals surface area contributed by atoms with Gasteiger partial charge in [0.1, 0.15) is 18.6 Å². The van der Waals surface area contributed by atoms with Crippen molar-refractivity contribution in [2.24, 2.45) is 0 Å². The number of carbonyl (C=O) groups excluding carboxylic acids is 3. The summed E-state index contributed by atoms with van der Waals surface area (Å²) >= 11 is 0. The first-order chi connectivity index (χ1) is 14.8. The van der Waals surface area contributed by atoms with Gasteiger partial charge in [0, 0.05) is 12.1 Å². The lowest BCUT2D eigenvalue weighted by Crippen LogP contribution is -3.04. The molecule has 0 spiro atoms. The van der Waals surface area contributed by atoms with E-state index in [2.05, 4.69) is 24.7 Å². The van der Waals surface area contributed by atoms with E-state index in [1.165, 1.54) is 4.90 Å². The van der Waals surface area contributed by atoms with E-state index in [0.717, 1.165) is 28.1 Å². The van der Waals surface area contributed by atoms with Gasteiger partial charge in [-0.1, -0.05) is 54.6 Å². The normalized spacial score (nSPS) is 18.4. The van der Waals surface area contributed by atoms with Crippen molar-refractivity contribution in [2.75, 3.05) is 20.6 Å². The third-order valence-corrected chi connectivity index (χ3v) is 5.54. The van der Waals surface area contributed by atoms with Crippen molar-refractivity contribution in [2.45, 2.75) is 38.4 Å². The van der Waals surface area contributed by atoms with Crippen LogP contribution in [-0.4, -0.2) is 48.9 Å². The van der Waals surface area contributed by atoms with Crippen molar-refractivity contribution in [1.82, 2.24) is 15.5 Å². The average Bonchev–Trinajstić information content (AvgIpc) is 2.95. The van der Waals surface area contributed by atoms with E-state index in [4.69, 9.17) is 0 Å². The lowest BCUT2D eigenvalue weighted by atomic mass is 9.93. The van der Waals surface area contributed by atoms with Crippen LogP contribution in [0.5, 0.6) is 0 Å². The molecule has 0 aliphatic carbocycles. The van der Waals surface area contributed by atoms with Crippen LogP contribution in [0.4, 0.5) is 4.79 Å². The van der Waals surface area contributed by atoms with E-state index >= 15 is 0 Å². The molecule has 1 heterocycles. The summed E-state index contributed by atoms with van der Waals surface area (Å²) in [6, 6.07) is 17.2. The second-order valence-corrected chi connectivity index (χ2v) is 8.57. The number of quaternary nitrogens is 1. The maximum Gasteiger partial charge on any atom is 0.325 e. The molecular weight excluding hydrogens is 392 g/mol. The Balaban J connectivity index is 1.56. The minimum Gasteiger partial charge on any atom is -0.350 e. The van der Waals surface area contributed by atoms with Gasteiger partial charge in [-0.2, -0.15) is 0 Å². The molecule has 1 aliphatic rings. The molecule has 164 valence electrons. The number of rotatable bonds is 9. The fraction of sp³-hybridized carbons (Fsp3) is 0.375. The summed E-state index contributed by atoms with van der Waals surface area (Å²) in [5.41, 5.74) is 2.28. The van der Waals surface area contributed by atoms with Gasteiger partial charge in [-0.25, -0.2) is 4.79 Å². The number of imide groups is 1. The summed E-state index contributed by atoms with van der Waals surface area (Å²) in [4.78, 5) is 40.1. The summed E-state index contributed by atoms with van der Waals surface area (Å²) in [6.07, 6.45) is 1.13. The number of nitrogens with zero attached hydrogens (tertiary/aromatic N) is 1. The number of nitrogens with one attached hydrogen (secondary N) is 3. The van der Waals surface area contributed by atoms with E-state index in [-0.39, 0.29) is 18.4 Å². The molecule has 1 aliphatic heterocycles. The lowest BCUT2D eigenvalue weighted by Gasteiger charge is -2.21. The topological polar surface area (TPSA) is 82.9 Å². The Labute approximate surface area is 183 Å². The van der Waals surface area contributed by atoms with Gasteiger partial charge in [0.05, 0.1) is 14.1 Å². The maximum absolute atomic E-state index is 12.9. The zero-order valence-electron chi connectivity index (χ0n) is 18.4. The molecule has 0 aromatic heterocycles. The largest absolute Gasteiger partial charge is 0.350 e. The van der Waals surface area contributed by atoms with Crippen LogP contribution in [0.25, 0.3) is 0 Å². The number of aryl methyl sites for hydroxylation is 1. The van der Waals surface area contributed by atoms with Crippen LogP contribution in [0.1, 0.15) is 30.0 Å². The Morgan fingerprint density at radius 3 is 2.35 bits per heavy atom. The molecule has 0 bridgehead atoms. The van der Waals surface area contributed by atoms with Gasteiger partial charge in [-0.05, 0) is 30.9 Å². The standard InChI is InChI=1S/C24H30N4O3/c1-24(14-13-18-9-5-4-6-10-18)22(30)28(23(31)26-24)17-21(29)25-15-19-11-7-8-12-20(19)16-27(2)3/h4-12H,13-17H2,1-3H3,(H,25,29)(H,26,31)/p+1/t24-/m1/s1. The van der Waals surface area contributed by atoms with Gasteiger partial charge in [-0.15, -0.1) is 0 Å². The predicted molar refractivity (Wildman–Crippen MR) is 118 cm³/mol. The number of hydrogen-bond donors (Lipinski definition) is 3. The van der Waals surface area contributed by atoms with Gasteiger partial charge >= 0.3 is 6.03 Å². The first kappa shape index (κ1) is 22.5. The third-order valence-electron chi connectivity index (χ3n) is 5.54. The Morgan fingerprint density at radius 1 is 1.03 bits per heavy atom. The fourth-order valence-corrected chi connectivity index (χ4v) is 3.78. The number of amides is 4. The minimum absolute atomic E-state index is 0.285. The molecule has 7 heteroatoms. The zero-order valence-corrected chi connectivity index (χ0v) is 18.4. The number of hydrogen-bond acceptors (Lipinski definition) is 3. The van der Waals surface area contributed by atoms with Crippen molar-refractivity contribution in [1.29, 1.82) is 0 Å². The summed E-state index contributed by atoms with van der Waals surface area (Å²) in [6.45, 7) is 2.64. The Bertz CT molecular complexity index is 945. The second kappa shape index (κ2) is 9.75. The Kier molecular flexibility index (Phi) is 7.07. The first-order valence-electron chi connectivity index (χ1n) is 10.6. The van der Waals surface area contributed by atoms with Crippen molar-refractivity contribution in [3.8, 4) is 0 Å². The van der Waals surface area contributed by atoms with Gasteiger partial charge in [0.25, 0.3) is 5.91 Å². The van der Waals surface area contributed by atoms with Gasteiger partial charge in [0.2, 0.25) is 5.91 Å². The molecule has 1 saturated heterocycles. The molecule has 7 nitrogen and oxygen atoms in total. The van der Waals surface area contributed by atoms with Crippen molar-refractivity contribution in [3.63, 3.8) is 0 Å². The Morgan fingerprint density at radius 2 is 1.68 bits per heavy atom. The number of carbonyl (C=O) groups is 3. The SMILES string of the molecule is C[NH+](C)Cc1ccccc1CNC(=O)CN1C(=O)N[C@](C)(CCc2ccccc2)C1=O. The molecule has 4 amide bonds. The molecule has 2 aromatic rings. The third kappa shape index (κ3) is 5.70. The monoisotopic (exact) mass is 423 g/mol. The Hall–Kier alpha value is -3.19. The molecule has 2 aromatic carbocycles. The van der Waals surface area contributed by atoms with Crippen molar-refractivity contribution >= 4 is 17.8 Å². The zero-order chi connectivity index (χ0) is 22.4. The molecule has 1 atom stereocenters. The average molecular weight is 424 g/mol. The summed E-state index contributed by atoms with van der Waals surface area (Å²) in [7, 11) is 4.14. The van der Waals surface area contributed by atoms with E-state index in [9.17, 15) is 14.4 Å². The first-order valence-corrected chi connectivity index (χ1v) is 10.6. The van der Waals surface area contributed by atoms with Crippen molar-refractivity contribution < 1.29 is 19.3 Å². The summed E-state index contributed by atoms with van der Waals surface area (Å²) in [5, 5.41) is 5.61. The smallest absolute Gasteiger partial charge is 0.325 e. The molecule has 3 N–H and O–H groups in total. The number of benzene rings is 2. The van der Waals surface area contributed by atoms with Crippen LogP contribution in [0, 0.1) is 0 Å². The van der Waals surface area contributed by atoms with E-state index in [1.54, 1.807) is 6.92 Å². The fourth-order valence-electron chi connectivity index (χ4n) is 3.78.